The Morgan fingerprint density at radius 3 is 2.37 bits per heavy atom. The van der Waals surface area contributed by atoms with Gasteiger partial charge in [0.2, 0.25) is 5.91 Å². The molecule has 0 aliphatic carbocycles. The van der Waals surface area contributed by atoms with Crippen molar-refractivity contribution in [3.63, 3.8) is 0 Å². The van der Waals surface area contributed by atoms with E-state index in [0.717, 1.165) is 5.56 Å². The summed E-state index contributed by atoms with van der Waals surface area (Å²) in [5, 5.41) is 5.37. The van der Waals surface area contributed by atoms with Crippen LogP contribution in [-0.4, -0.2) is 60.6 Å². The zero-order valence-corrected chi connectivity index (χ0v) is 17.8. The number of fused-ring (bicyclic) bond motifs is 3. The second-order valence-corrected chi connectivity index (χ2v) is 8.73. The SMILES string of the molecule is Cc1cccc(NC(=O)CNC(=O)[C@H]2O[C@@H]3OC(C)(C)O[C@H]3[C@H]3OC(C)(C)O[C@@H]32)c1. The Hall–Kier alpha value is -2.04. The van der Waals surface area contributed by atoms with E-state index in [1.165, 1.54) is 0 Å². The van der Waals surface area contributed by atoms with E-state index in [9.17, 15) is 9.59 Å². The van der Waals surface area contributed by atoms with Crippen molar-refractivity contribution in [3.8, 4) is 0 Å². The maximum atomic E-state index is 12.9. The number of carbonyl (C=O) groups excluding carboxylic acids is 2. The summed E-state index contributed by atoms with van der Waals surface area (Å²) in [5.41, 5.74) is 1.69. The van der Waals surface area contributed by atoms with Crippen molar-refractivity contribution < 1.29 is 33.3 Å². The highest BCUT2D eigenvalue weighted by atomic mass is 16.9. The third-order valence-electron chi connectivity index (χ3n) is 5.14. The van der Waals surface area contributed by atoms with Gasteiger partial charge in [-0.3, -0.25) is 9.59 Å². The van der Waals surface area contributed by atoms with Gasteiger partial charge < -0.3 is 34.3 Å². The Morgan fingerprint density at radius 2 is 1.63 bits per heavy atom. The lowest BCUT2D eigenvalue weighted by Gasteiger charge is -2.36. The van der Waals surface area contributed by atoms with Gasteiger partial charge in [0.15, 0.2) is 24.0 Å². The maximum absolute atomic E-state index is 12.9. The van der Waals surface area contributed by atoms with Crippen LogP contribution < -0.4 is 10.6 Å². The first kappa shape index (κ1) is 21.2. The smallest absolute Gasteiger partial charge is 0.252 e. The van der Waals surface area contributed by atoms with Gasteiger partial charge in [0.05, 0.1) is 6.54 Å². The van der Waals surface area contributed by atoms with Crippen LogP contribution in [0.2, 0.25) is 0 Å². The number of ether oxygens (including phenoxy) is 5. The number of nitrogens with one attached hydrogen (secondary N) is 2. The molecule has 9 heteroatoms. The first-order chi connectivity index (χ1) is 14.0. The van der Waals surface area contributed by atoms with Crippen LogP contribution in [-0.2, 0) is 33.3 Å². The van der Waals surface area contributed by atoms with Crippen molar-refractivity contribution >= 4 is 17.5 Å². The molecular weight excluding hydrogens is 392 g/mol. The lowest BCUT2D eigenvalue weighted by molar-refractivity contribution is -0.231. The predicted octanol–water partition coefficient (Wildman–Crippen LogP) is 1.45. The molecule has 4 rings (SSSR count). The van der Waals surface area contributed by atoms with E-state index in [2.05, 4.69) is 10.6 Å². The molecule has 0 unspecified atom stereocenters. The molecule has 3 aliphatic rings. The second kappa shape index (κ2) is 7.58. The molecule has 30 heavy (non-hydrogen) atoms. The van der Waals surface area contributed by atoms with Crippen molar-refractivity contribution in [1.82, 2.24) is 5.32 Å². The predicted molar refractivity (Wildman–Crippen MR) is 105 cm³/mol. The minimum atomic E-state index is -0.998. The monoisotopic (exact) mass is 420 g/mol. The number of hydrogen-bond donors (Lipinski definition) is 2. The van der Waals surface area contributed by atoms with Gasteiger partial charge in [0, 0.05) is 5.69 Å². The molecule has 3 fully saturated rings. The molecule has 0 radical (unpaired) electrons. The van der Waals surface area contributed by atoms with E-state index in [1.54, 1.807) is 33.8 Å². The lowest BCUT2D eigenvalue weighted by Crippen LogP contribution is -2.59. The maximum Gasteiger partial charge on any atom is 0.252 e. The highest BCUT2D eigenvalue weighted by Gasteiger charge is 2.62. The number of amides is 2. The number of anilines is 1. The van der Waals surface area contributed by atoms with Gasteiger partial charge in [-0.25, -0.2) is 0 Å². The lowest BCUT2D eigenvalue weighted by atomic mass is 9.98. The van der Waals surface area contributed by atoms with E-state index in [0.29, 0.717) is 5.69 Å². The van der Waals surface area contributed by atoms with Crippen LogP contribution in [0.3, 0.4) is 0 Å². The van der Waals surface area contributed by atoms with Crippen LogP contribution in [0.25, 0.3) is 0 Å². The largest absolute Gasteiger partial charge is 0.345 e. The van der Waals surface area contributed by atoms with Gasteiger partial charge in [-0.2, -0.15) is 0 Å². The number of benzene rings is 1. The minimum absolute atomic E-state index is 0.203. The van der Waals surface area contributed by atoms with Crippen LogP contribution in [0.5, 0.6) is 0 Å². The third-order valence-corrected chi connectivity index (χ3v) is 5.14. The average Bonchev–Trinajstić information content (AvgIpc) is 3.12. The molecule has 164 valence electrons. The summed E-state index contributed by atoms with van der Waals surface area (Å²) in [5.74, 6) is -2.58. The Bertz CT molecular complexity index is 840. The topological polar surface area (TPSA) is 104 Å². The van der Waals surface area contributed by atoms with Gasteiger partial charge in [0.25, 0.3) is 5.91 Å². The van der Waals surface area contributed by atoms with E-state index in [1.807, 2.05) is 25.1 Å². The van der Waals surface area contributed by atoms with Crippen LogP contribution in [0.4, 0.5) is 5.69 Å². The zero-order valence-electron chi connectivity index (χ0n) is 17.8. The van der Waals surface area contributed by atoms with Gasteiger partial charge in [-0.05, 0) is 52.3 Å². The van der Waals surface area contributed by atoms with Crippen molar-refractivity contribution in [1.29, 1.82) is 0 Å². The van der Waals surface area contributed by atoms with E-state index >= 15 is 0 Å². The quantitative estimate of drug-likeness (QED) is 0.760. The summed E-state index contributed by atoms with van der Waals surface area (Å²) in [6.07, 6.45) is -3.49. The molecule has 1 aromatic carbocycles. The Labute approximate surface area is 175 Å². The molecule has 3 heterocycles. The van der Waals surface area contributed by atoms with Crippen LogP contribution >= 0.6 is 0 Å². The summed E-state index contributed by atoms with van der Waals surface area (Å²) in [6.45, 7) is 8.82. The number of rotatable bonds is 4. The molecule has 0 saturated carbocycles. The molecule has 5 atom stereocenters. The van der Waals surface area contributed by atoms with E-state index in [4.69, 9.17) is 23.7 Å². The molecule has 2 N–H and O–H groups in total. The fraction of sp³-hybridized carbons (Fsp3) is 0.619. The second-order valence-electron chi connectivity index (χ2n) is 8.73. The highest BCUT2D eigenvalue weighted by molar-refractivity contribution is 5.95. The van der Waals surface area contributed by atoms with Gasteiger partial charge in [-0.15, -0.1) is 0 Å². The number of hydrogen-bond acceptors (Lipinski definition) is 7. The van der Waals surface area contributed by atoms with Crippen LogP contribution in [0.1, 0.15) is 33.3 Å². The van der Waals surface area contributed by atoms with Gasteiger partial charge in [0.1, 0.15) is 18.3 Å². The molecular formula is C21H28N2O7. The van der Waals surface area contributed by atoms with E-state index in [-0.39, 0.29) is 12.5 Å². The molecule has 3 aliphatic heterocycles. The van der Waals surface area contributed by atoms with Crippen molar-refractivity contribution in [2.75, 3.05) is 11.9 Å². The average molecular weight is 420 g/mol. The zero-order chi connectivity index (χ0) is 21.7. The standard InChI is InChI=1S/C21H28N2O7/c1-11-7-6-8-12(9-11)23-13(24)10-22-18(25)16-14-15(28-20(2,3)27-14)17-19(26-16)30-21(4,5)29-17/h6-9,14-17,19H,10H2,1-5H3,(H,22,25)(H,23,24)/t14-,15-,16-,17-,19+/m0/s1. The Balaban J connectivity index is 1.41. The molecule has 9 nitrogen and oxygen atoms in total. The number of carbonyl (C=O) groups is 2. The van der Waals surface area contributed by atoms with Crippen LogP contribution in [0, 0.1) is 6.92 Å². The summed E-state index contributed by atoms with van der Waals surface area (Å²) < 4.78 is 29.5. The normalized spacial score (nSPS) is 33.4. The van der Waals surface area contributed by atoms with Crippen molar-refractivity contribution in [2.24, 2.45) is 0 Å². The molecule has 2 amide bonds. The highest BCUT2D eigenvalue weighted by Crippen LogP contribution is 2.44. The van der Waals surface area contributed by atoms with E-state index < -0.39 is 48.2 Å². The minimum Gasteiger partial charge on any atom is -0.345 e. The molecule has 3 saturated heterocycles. The first-order valence-electron chi connectivity index (χ1n) is 10.0. The fourth-order valence-electron chi connectivity index (χ4n) is 4.02. The summed E-state index contributed by atoms with van der Waals surface area (Å²) in [4.78, 5) is 25.1. The Kier molecular flexibility index (Phi) is 5.36. The number of aryl methyl sites for hydroxylation is 1. The summed E-state index contributed by atoms with van der Waals surface area (Å²) >= 11 is 0. The van der Waals surface area contributed by atoms with Gasteiger partial charge in [-0.1, -0.05) is 12.1 Å². The van der Waals surface area contributed by atoms with Gasteiger partial charge >= 0.3 is 0 Å². The third kappa shape index (κ3) is 4.35. The Morgan fingerprint density at radius 1 is 0.967 bits per heavy atom. The molecule has 0 bridgehead atoms. The van der Waals surface area contributed by atoms with Crippen molar-refractivity contribution in [3.05, 3.63) is 29.8 Å². The fourth-order valence-corrected chi connectivity index (χ4v) is 4.02. The molecule has 1 aromatic rings. The summed E-state index contributed by atoms with van der Waals surface area (Å²) in [6, 6.07) is 7.41. The summed E-state index contributed by atoms with van der Waals surface area (Å²) in [7, 11) is 0. The molecule has 0 aromatic heterocycles. The molecule has 0 spiro atoms. The van der Waals surface area contributed by atoms with Crippen LogP contribution in [0.15, 0.2) is 24.3 Å². The van der Waals surface area contributed by atoms with Crippen molar-refractivity contribution in [2.45, 2.75) is 76.9 Å². The first-order valence-corrected chi connectivity index (χ1v) is 10.0.